The zero-order valence-corrected chi connectivity index (χ0v) is 10.2. The van der Waals surface area contributed by atoms with Gasteiger partial charge in [0.1, 0.15) is 6.10 Å². The summed E-state index contributed by atoms with van der Waals surface area (Å²) in [6.45, 7) is 1.83. The number of para-hydroxylation sites is 2. The smallest absolute Gasteiger partial charge is 0.279 e. The Hall–Kier alpha value is -1.88. The summed E-state index contributed by atoms with van der Waals surface area (Å²) in [6.07, 6.45) is 1.13. The van der Waals surface area contributed by atoms with E-state index in [1.165, 1.54) is 0 Å². The van der Waals surface area contributed by atoms with Crippen LogP contribution in [0.3, 0.4) is 0 Å². The summed E-state index contributed by atoms with van der Waals surface area (Å²) < 4.78 is 11.1. The molecular formula is C13H15N3O2. The van der Waals surface area contributed by atoms with Gasteiger partial charge in [0.05, 0.1) is 18.1 Å². The Kier molecular flexibility index (Phi) is 2.98. The standard InChI is InChI=1S/C13H15N3O2/c1-17-12-13(18-9-6-7-14-8-9)16-11-5-3-2-4-10(11)15-12/h2-5,9,14H,6-8H2,1H3. The molecule has 1 fully saturated rings. The molecule has 1 atom stereocenters. The molecule has 0 radical (unpaired) electrons. The Morgan fingerprint density at radius 2 is 1.89 bits per heavy atom. The highest BCUT2D eigenvalue weighted by Crippen LogP contribution is 2.26. The molecule has 2 heterocycles. The molecule has 0 spiro atoms. The molecule has 94 valence electrons. The summed E-state index contributed by atoms with van der Waals surface area (Å²) in [5.74, 6) is 0.922. The van der Waals surface area contributed by atoms with Crippen molar-refractivity contribution in [3.8, 4) is 11.8 Å². The largest absolute Gasteiger partial charge is 0.477 e. The fourth-order valence-electron chi connectivity index (χ4n) is 2.06. The summed E-state index contributed by atoms with van der Waals surface area (Å²) in [7, 11) is 1.58. The Labute approximate surface area is 105 Å². The maximum absolute atomic E-state index is 5.84. The van der Waals surface area contributed by atoms with Crippen LogP contribution in [0.25, 0.3) is 11.0 Å². The molecule has 1 saturated heterocycles. The van der Waals surface area contributed by atoms with Crippen molar-refractivity contribution >= 4 is 11.0 Å². The lowest BCUT2D eigenvalue weighted by Crippen LogP contribution is -2.20. The molecule has 0 saturated carbocycles. The first-order valence-electron chi connectivity index (χ1n) is 6.05. The normalized spacial score (nSPS) is 19.1. The Morgan fingerprint density at radius 1 is 1.17 bits per heavy atom. The lowest BCUT2D eigenvalue weighted by molar-refractivity contribution is 0.202. The fraction of sp³-hybridized carbons (Fsp3) is 0.385. The molecule has 1 N–H and O–H groups in total. The lowest BCUT2D eigenvalue weighted by atomic mass is 10.3. The average Bonchev–Trinajstić information content (AvgIpc) is 2.91. The highest BCUT2D eigenvalue weighted by molar-refractivity contribution is 5.75. The molecule has 1 aromatic carbocycles. The van der Waals surface area contributed by atoms with Gasteiger partial charge in [0.15, 0.2) is 0 Å². The van der Waals surface area contributed by atoms with Gasteiger partial charge >= 0.3 is 0 Å². The Morgan fingerprint density at radius 3 is 2.50 bits per heavy atom. The van der Waals surface area contributed by atoms with Crippen LogP contribution < -0.4 is 14.8 Å². The van der Waals surface area contributed by atoms with Crippen molar-refractivity contribution in [2.24, 2.45) is 0 Å². The van der Waals surface area contributed by atoms with E-state index in [0.29, 0.717) is 11.8 Å². The summed E-state index contributed by atoms with van der Waals surface area (Å²) in [5, 5.41) is 3.25. The van der Waals surface area contributed by atoms with Gasteiger partial charge < -0.3 is 14.8 Å². The molecule has 1 unspecified atom stereocenters. The van der Waals surface area contributed by atoms with E-state index in [1.54, 1.807) is 7.11 Å². The van der Waals surface area contributed by atoms with Crippen molar-refractivity contribution < 1.29 is 9.47 Å². The predicted molar refractivity (Wildman–Crippen MR) is 68.0 cm³/mol. The van der Waals surface area contributed by atoms with Crippen molar-refractivity contribution in [2.75, 3.05) is 20.2 Å². The van der Waals surface area contributed by atoms with Gasteiger partial charge in [-0.25, -0.2) is 9.97 Å². The predicted octanol–water partition coefficient (Wildman–Crippen LogP) is 1.38. The zero-order chi connectivity index (χ0) is 12.4. The average molecular weight is 245 g/mol. The molecule has 18 heavy (non-hydrogen) atoms. The molecular weight excluding hydrogens is 230 g/mol. The third-order valence-electron chi connectivity index (χ3n) is 3.00. The highest BCUT2D eigenvalue weighted by Gasteiger charge is 2.20. The number of nitrogens with zero attached hydrogens (tertiary/aromatic N) is 2. The van der Waals surface area contributed by atoms with Crippen molar-refractivity contribution in [3.05, 3.63) is 24.3 Å². The molecule has 0 bridgehead atoms. The van der Waals surface area contributed by atoms with Crippen LogP contribution in [0.4, 0.5) is 0 Å². The SMILES string of the molecule is COc1nc2ccccc2nc1OC1CCNC1. The molecule has 1 aliphatic heterocycles. The molecule has 3 rings (SSSR count). The first kappa shape index (κ1) is 11.2. The van der Waals surface area contributed by atoms with E-state index in [9.17, 15) is 0 Å². The highest BCUT2D eigenvalue weighted by atomic mass is 16.5. The lowest BCUT2D eigenvalue weighted by Gasteiger charge is -2.14. The summed E-state index contributed by atoms with van der Waals surface area (Å²) >= 11 is 0. The second kappa shape index (κ2) is 4.78. The van der Waals surface area contributed by atoms with E-state index in [-0.39, 0.29) is 6.10 Å². The van der Waals surface area contributed by atoms with E-state index < -0.39 is 0 Å². The number of methoxy groups -OCH3 is 1. The van der Waals surface area contributed by atoms with E-state index in [4.69, 9.17) is 9.47 Å². The summed E-state index contributed by atoms with van der Waals surface area (Å²) in [6, 6.07) is 7.69. The third-order valence-corrected chi connectivity index (χ3v) is 3.00. The van der Waals surface area contributed by atoms with Crippen molar-refractivity contribution in [2.45, 2.75) is 12.5 Å². The molecule has 1 aliphatic rings. The monoisotopic (exact) mass is 245 g/mol. The van der Waals surface area contributed by atoms with Crippen LogP contribution in [0.15, 0.2) is 24.3 Å². The Bertz CT molecular complexity index is 553. The van der Waals surface area contributed by atoms with Crippen LogP contribution in [0.5, 0.6) is 11.8 Å². The fourth-order valence-corrected chi connectivity index (χ4v) is 2.06. The summed E-state index contributed by atoms with van der Waals surface area (Å²) in [5.41, 5.74) is 1.63. The number of ether oxygens (including phenoxy) is 2. The zero-order valence-electron chi connectivity index (χ0n) is 10.2. The minimum Gasteiger partial charge on any atom is -0.477 e. The topological polar surface area (TPSA) is 56.3 Å². The molecule has 5 nitrogen and oxygen atoms in total. The molecule has 0 aliphatic carbocycles. The summed E-state index contributed by atoms with van der Waals surface area (Å²) in [4.78, 5) is 8.88. The van der Waals surface area contributed by atoms with Crippen LogP contribution in [0.1, 0.15) is 6.42 Å². The number of hydrogen-bond donors (Lipinski definition) is 1. The maximum Gasteiger partial charge on any atom is 0.279 e. The van der Waals surface area contributed by atoms with Gasteiger partial charge in [-0.2, -0.15) is 0 Å². The van der Waals surface area contributed by atoms with Crippen LogP contribution in [-0.2, 0) is 0 Å². The number of rotatable bonds is 3. The first-order valence-corrected chi connectivity index (χ1v) is 6.05. The van der Waals surface area contributed by atoms with Crippen LogP contribution >= 0.6 is 0 Å². The molecule has 2 aromatic rings. The molecule has 0 amide bonds. The van der Waals surface area contributed by atoms with Crippen molar-refractivity contribution in [3.63, 3.8) is 0 Å². The van der Waals surface area contributed by atoms with Crippen LogP contribution in [0.2, 0.25) is 0 Å². The van der Waals surface area contributed by atoms with Crippen molar-refractivity contribution in [1.82, 2.24) is 15.3 Å². The number of fused-ring (bicyclic) bond motifs is 1. The van der Waals surface area contributed by atoms with Gasteiger partial charge in [0.2, 0.25) is 0 Å². The van der Waals surface area contributed by atoms with E-state index in [0.717, 1.165) is 30.5 Å². The Balaban J connectivity index is 1.97. The van der Waals surface area contributed by atoms with E-state index in [1.807, 2.05) is 24.3 Å². The van der Waals surface area contributed by atoms with Crippen molar-refractivity contribution in [1.29, 1.82) is 0 Å². The number of nitrogens with one attached hydrogen (secondary N) is 1. The molecule has 5 heteroatoms. The first-order chi connectivity index (χ1) is 8.86. The third kappa shape index (κ3) is 2.09. The van der Waals surface area contributed by atoms with E-state index in [2.05, 4.69) is 15.3 Å². The van der Waals surface area contributed by atoms with Gasteiger partial charge in [-0.15, -0.1) is 0 Å². The minimum atomic E-state index is 0.148. The number of aromatic nitrogens is 2. The maximum atomic E-state index is 5.84. The van der Waals surface area contributed by atoms with Gasteiger partial charge in [0, 0.05) is 6.54 Å². The quantitative estimate of drug-likeness (QED) is 0.885. The second-order valence-electron chi connectivity index (χ2n) is 4.26. The van der Waals surface area contributed by atoms with Gasteiger partial charge in [-0.05, 0) is 25.1 Å². The molecule has 1 aromatic heterocycles. The van der Waals surface area contributed by atoms with Crippen LogP contribution in [0, 0.1) is 0 Å². The van der Waals surface area contributed by atoms with Gasteiger partial charge in [0.25, 0.3) is 11.8 Å². The number of benzene rings is 1. The van der Waals surface area contributed by atoms with Crippen LogP contribution in [-0.4, -0.2) is 36.3 Å². The number of hydrogen-bond acceptors (Lipinski definition) is 5. The minimum absolute atomic E-state index is 0.148. The van der Waals surface area contributed by atoms with Gasteiger partial charge in [-0.1, -0.05) is 12.1 Å². The van der Waals surface area contributed by atoms with E-state index >= 15 is 0 Å². The second-order valence-corrected chi connectivity index (χ2v) is 4.26. The van der Waals surface area contributed by atoms with Gasteiger partial charge in [-0.3, -0.25) is 0 Å².